The van der Waals surface area contributed by atoms with Crippen LogP contribution in [0, 0.1) is 0 Å². The van der Waals surface area contributed by atoms with Crippen LogP contribution in [0.2, 0.25) is 0 Å². The quantitative estimate of drug-likeness (QED) is 0.479. The molecule has 0 unspecified atom stereocenters. The Balaban J connectivity index is 1.99. The molecule has 9 heteroatoms. The summed E-state index contributed by atoms with van der Waals surface area (Å²) in [6.07, 6.45) is 0.0230. The van der Waals surface area contributed by atoms with Crippen molar-refractivity contribution in [2.24, 2.45) is 5.10 Å². The van der Waals surface area contributed by atoms with Crippen LogP contribution in [0.1, 0.15) is 37.9 Å². The fourth-order valence-electron chi connectivity index (χ4n) is 2.92. The SMILES string of the molecule is CC1(C)Cc2nc(-c3ccccc3)nc(N/N=C(\CCC(=O)O)C(=O)O)c2CO1. The number of ether oxygens (including phenoxy) is 1. The molecule has 0 bridgehead atoms. The van der Waals surface area contributed by atoms with Gasteiger partial charge in [0.15, 0.2) is 11.6 Å². The first-order chi connectivity index (χ1) is 13.7. The molecule has 2 aromatic rings. The third-order valence-electron chi connectivity index (χ3n) is 4.44. The molecule has 0 saturated carbocycles. The fraction of sp³-hybridized carbons (Fsp3) is 0.350. The van der Waals surface area contributed by atoms with Crippen LogP contribution in [0.15, 0.2) is 35.4 Å². The van der Waals surface area contributed by atoms with Gasteiger partial charge in [-0.1, -0.05) is 30.3 Å². The van der Waals surface area contributed by atoms with Gasteiger partial charge in [-0.05, 0) is 13.8 Å². The van der Waals surface area contributed by atoms with Crippen LogP contribution in [0.25, 0.3) is 11.4 Å². The highest BCUT2D eigenvalue weighted by Gasteiger charge is 2.30. The molecule has 1 aliphatic heterocycles. The molecule has 0 radical (unpaired) electrons. The molecule has 1 aromatic heterocycles. The zero-order chi connectivity index (χ0) is 21.0. The molecule has 29 heavy (non-hydrogen) atoms. The number of carboxylic acids is 2. The Bertz CT molecular complexity index is 957. The Morgan fingerprint density at radius 2 is 1.90 bits per heavy atom. The van der Waals surface area contributed by atoms with Crippen molar-refractivity contribution >= 4 is 23.5 Å². The minimum Gasteiger partial charge on any atom is -0.481 e. The van der Waals surface area contributed by atoms with Gasteiger partial charge in [-0.2, -0.15) is 5.10 Å². The molecule has 1 aromatic carbocycles. The predicted octanol–water partition coefficient (Wildman–Crippen LogP) is 2.71. The Morgan fingerprint density at radius 1 is 1.17 bits per heavy atom. The first-order valence-corrected chi connectivity index (χ1v) is 9.12. The van der Waals surface area contributed by atoms with Gasteiger partial charge >= 0.3 is 11.9 Å². The van der Waals surface area contributed by atoms with Crippen molar-refractivity contribution in [2.45, 2.75) is 45.3 Å². The maximum atomic E-state index is 11.4. The number of nitrogens with zero attached hydrogens (tertiary/aromatic N) is 3. The van der Waals surface area contributed by atoms with Gasteiger partial charge in [0, 0.05) is 24.0 Å². The Morgan fingerprint density at radius 3 is 2.55 bits per heavy atom. The number of hydrogen-bond donors (Lipinski definition) is 3. The number of nitrogens with one attached hydrogen (secondary N) is 1. The van der Waals surface area contributed by atoms with Gasteiger partial charge in [0.2, 0.25) is 0 Å². The van der Waals surface area contributed by atoms with Gasteiger partial charge in [0.25, 0.3) is 0 Å². The zero-order valence-corrected chi connectivity index (χ0v) is 16.2. The van der Waals surface area contributed by atoms with Gasteiger partial charge in [0.1, 0.15) is 5.71 Å². The third-order valence-corrected chi connectivity index (χ3v) is 4.44. The maximum absolute atomic E-state index is 11.4. The average Bonchev–Trinajstić information content (AvgIpc) is 2.66. The van der Waals surface area contributed by atoms with Gasteiger partial charge in [0.05, 0.1) is 24.3 Å². The van der Waals surface area contributed by atoms with Crippen LogP contribution in [-0.4, -0.2) is 43.4 Å². The highest BCUT2D eigenvalue weighted by atomic mass is 16.5. The number of carbonyl (C=O) groups is 2. The van der Waals surface area contributed by atoms with Crippen LogP contribution < -0.4 is 5.43 Å². The van der Waals surface area contributed by atoms with Crippen molar-refractivity contribution < 1.29 is 24.5 Å². The summed E-state index contributed by atoms with van der Waals surface area (Å²) in [6.45, 7) is 4.20. The normalized spacial score (nSPS) is 15.4. The number of aromatic nitrogens is 2. The largest absolute Gasteiger partial charge is 0.481 e. The summed E-state index contributed by atoms with van der Waals surface area (Å²) in [5.74, 6) is -1.55. The molecule has 0 fully saturated rings. The number of aliphatic carboxylic acids is 2. The van der Waals surface area contributed by atoms with E-state index in [0.717, 1.165) is 11.3 Å². The van der Waals surface area contributed by atoms with E-state index in [1.54, 1.807) is 0 Å². The monoisotopic (exact) mass is 398 g/mol. The van der Waals surface area contributed by atoms with Crippen LogP contribution in [-0.2, 0) is 27.4 Å². The molecule has 3 N–H and O–H groups in total. The summed E-state index contributed by atoms with van der Waals surface area (Å²) in [4.78, 5) is 31.3. The summed E-state index contributed by atoms with van der Waals surface area (Å²) >= 11 is 0. The predicted molar refractivity (Wildman–Crippen MR) is 106 cm³/mol. The second-order valence-corrected chi connectivity index (χ2v) is 7.28. The fourth-order valence-corrected chi connectivity index (χ4v) is 2.92. The van der Waals surface area contributed by atoms with Gasteiger partial charge in [-0.15, -0.1) is 0 Å². The summed E-state index contributed by atoms with van der Waals surface area (Å²) in [6, 6.07) is 9.42. The Hall–Kier alpha value is -3.33. The first-order valence-electron chi connectivity index (χ1n) is 9.12. The van der Waals surface area contributed by atoms with E-state index in [0.29, 0.717) is 23.6 Å². The van der Waals surface area contributed by atoms with E-state index in [1.807, 2.05) is 44.2 Å². The van der Waals surface area contributed by atoms with E-state index >= 15 is 0 Å². The molecular formula is C20H22N4O5. The molecule has 3 rings (SSSR count). The summed E-state index contributed by atoms with van der Waals surface area (Å²) in [7, 11) is 0. The van der Waals surface area contributed by atoms with E-state index < -0.39 is 11.9 Å². The molecule has 9 nitrogen and oxygen atoms in total. The second-order valence-electron chi connectivity index (χ2n) is 7.28. The number of benzene rings is 1. The number of fused-ring (bicyclic) bond motifs is 1. The number of carboxylic acid groups (broad SMARTS) is 2. The summed E-state index contributed by atoms with van der Waals surface area (Å²) in [5, 5.41) is 22.0. The smallest absolute Gasteiger partial charge is 0.352 e. The summed E-state index contributed by atoms with van der Waals surface area (Å²) in [5.41, 5.74) is 4.34. The van der Waals surface area contributed by atoms with E-state index in [4.69, 9.17) is 9.84 Å². The second kappa shape index (κ2) is 8.36. The number of anilines is 1. The van der Waals surface area contributed by atoms with Crippen LogP contribution in [0.4, 0.5) is 5.82 Å². The lowest BCUT2D eigenvalue weighted by Crippen LogP contribution is -2.33. The Kier molecular flexibility index (Phi) is 5.88. The number of hydrazone groups is 1. The van der Waals surface area contributed by atoms with Gasteiger partial charge in [-0.3, -0.25) is 10.2 Å². The molecule has 0 atom stereocenters. The van der Waals surface area contributed by atoms with Crippen LogP contribution in [0.5, 0.6) is 0 Å². The van der Waals surface area contributed by atoms with E-state index in [-0.39, 0.29) is 30.8 Å². The molecule has 0 spiro atoms. The molecular weight excluding hydrogens is 376 g/mol. The van der Waals surface area contributed by atoms with E-state index in [9.17, 15) is 14.7 Å². The minimum atomic E-state index is -1.29. The molecule has 2 heterocycles. The highest BCUT2D eigenvalue weighted by Crippen LogP contribution is 2.32. The van der Waals surface area contributed by atoms with Gasteiger partial charge in [-0.25, -0.2) is 14.8 Å². The van der Waals surface area contributed by atoms with Crippen molar-refractivity contribution in [3.63, 3.8) is 0 Å². The summed E-state index contributed by atoms with van der Waals surface area (Å²) < 4.78 is 5.85. The lowest BCUT2D eigenvalue weighted by molar-refractivity contribution is -0.136. The topological polar surface area (TPSA) is 134 Å². The Labute approximate surface area is 167 Å². The van der Waals surface area contributed by atoms with E-state index in [2.05, 4.69) is 20.5 Å². The lowest BCUT2D eigenvalue weighted by Gasteiger charge is -2.31. The van der Waals surface area contributed by atoms with Crippen molar-refractivity contribution in [3.05, 3.63) is 41.6 Å². The number of hydrogen-bond acceptors (Lipinski definition) is 7. The highest BCUT2D eigenvalue weighted by molar-refractivity contribution is 6.35. The molecule has 152 valence electrons. The minimum absolute atomic E-state index is 0.208. The van der Waals surface area contributed by atoms with Crippen molar-refractivity contribution in [3.8, 4) is 11.4 Å². The number of rotatable bonds is 7. The zero-order valence-electron chi connectivity index (χ0n) is 16.2. The first kappa shape index (κ1) is 20.4. The maximum Gasteiger partial charge on any atom is 0.352 e. The van der Waals surface area contributed by atoms with Crippen LogP contribution in [0.3, 0.4) is 0 Å². The van der Waals surface area contributed by atoms with Crippen molar-refractivity contribution in [1.82, 2.24) is 9.97 Å². The average molecular weight is 398 g/mol. The standard InChI is InChI=1S/C20H22N4O5/c1-20(2)10-15-13(11-29-20)18(22-17(21-15)12-6-4-3-5-7-12)24-23-14(19(27)28)8-9-16(25)26/h3-7H,8-11H2,1-2H3,(H,25,26)(H,27,28)(H,21,22,24)/b23-14+. The third kappa shape index (κ3) is 5.14. The lowest BCUT2D eigenvalue weighted by atomic mass is 9.96. The van der Waals surface area contributed by atoms with Crippen molar-refractivity contribution in [1.29, 1.82) is 0 Å². The molecule has 0 aliphatic carbocycles. The van der Waals surface area contributed by atoms with Gasteiger partial charge < -0.3 is 14.9 Å². The molecule has 1 aliphatic rings. The van der Waals surface area contributed by atoms with Crippen LogP contribution >= 0.6 is 0 Å². The molecule has 0 amide bonds. The van der Waals surface area contributed by atoms with Crippen molar-refractivity contribution in [2.75, 3.05) is 5.43 Å². The molecule has 0 saturated heterocycles. The van der Waals surface area contributed by atoms with E-state index in [1.165, 1.54) is 0 Å².